The van der Waals surface area contributed by atoms with Gasteiger partial charge in [-0.1, -0.05) is 80.1 Å². The van der Waals surface area contributed by atoms with Gasteiger partial charge in [0.15, 0.2) is 0 Å². The Morgan fingerprint density at radius 1 is 0.931 bits per heavy atom. The van der Waals surface area contributed by atoms with Crippen molar-refractivity contribution >= 4 is 34.8 Å². The number of benzene rings is 3. The Balaban J connectivity index is 1.67. The van der Waals surface area contributed by atoms with E-state index in [0.717, 1.165) is 40.4 Å². The molecule has 29 heavy (non-hydrogen) atoms. The topological polar surface area (TPSA) is 17.8 Å². The molecular formula is C26H25ClN2. The lowest BCUT2D eigenvalue weighted by molar-refractivity contribution is 0.731. The molecule has 1 heterocycles. The predicted molar refractivity (Wildman–Crippen MR) is 124 cm³/mol. The molecule has 0 bridgehead atoms. The Morgan fingerprint density at radius 2 is 1.66 bits per heavy atom. The number of hydrogen-bond donors (Lipinski definition) is 0. The maximum Gasteiger partial charge on any atom is 0.134 e. The van der Waals surface area contributed by atoms with Crippen molar-refractivity contribution in [3.05, 3.63) is 100 Å². The van der Waals surface area contributed by atoms with Gasteiger partial charge in [-0.25, -0.2) is 4.98 Å². The maximum absolute atomic E-state index is 6.00. The van der Waals surface area contributed by atoms with E-state index in [1.165, 1.54) is 11.1 Å². The molecule has 0 saturated carbocycles. The Labute approximate surface area is 177 Å². The SMILES string of the molecule is CCC(C)c1ccc(Cn2c(/C=C/c3ccc(Cl)cc3)nc3ccccc32)cc1. The van der Waals surface area contributed by atoms with E-state index >= 15 is 0 Å². The highest BCUT2D eigenvalue weighted by Gasteiger charge is 2.09. The number of nitrogens with zero attached hydrogens (tertiary/aromatic N) is 2. The van der Waals surface area contributed by atoms with Crippen LogP contribution in [0.3, 0.4) is 0 Å². The highest BCUT2D eigenvalue weighted by Crippen LogP contribution is 2.22. The average Bonchev–Trinajstić information content (AvgIpc) is 3.11. The summed E-state index contributed by atoms with van der Waals surface area (Å²) in [6.45, 7) is 5.30. The van der Waals surface area contributed by atoms with Crippen molar-refractivity contribution in [2.24, 2.45) is 0 Å². The number of halogens is 1. The molecule has 0 fully saturated rings. The molecular weight excluding hydrogens is 376 g/mol. The van der Waals surface area contributed by atoms with Gasteiger partial charge in [-0.15, -0.1) is 0 Å². The fourth-order valence-corrected chi connectivity index (χ4v) is 3.63. The molecule has 1 atom stereocenters. The second kappa shape index (κ2) is 8.67. The third kappa shape index (κ3) is 4.44. The van der Waals surface area contributed by atoms with Crippen molar-refractivity contribution in [2.75, 3.05) is 0 Å². The zero-order valence-corrected chi connectivity index (χ0v) is 17.6. The molecule has 0 saturated heterocycles. The monoisotopic (exact) mass is 400 g/mol. The Bertz CT molecular complexity index is 1120. The highest BCUT2D eigenvalue weighted by molar-refractivity contribution is 6.30. The van der Waals surface area contributed by atoms with Gasteiger partial charge in [-0.2, -0.15) is 0 Å². The second-order valence-electron chi connectivity index (χ2n) is 7.48. The predicted octanol–water partition coefficient (Wildman–Crippen LogP) is 7.42. The third-order valence-electron chi connectivity index (χ3n) is 5.48. The molecule has 1 aromatic heterocycles. The number of aromatic nitrogens is 2. The average molecular weight is 401 g/mol. The molecule has 0 aliphatic heterocycles. The molecule has 0 amide bonds. The molecule has 0 aliphatic carbocycles. The summed E-state index contributed by atoms with van der Waals surface area (Å²) in [6, 6.07) is 25.1. The van der Waals surface area contributed by atoms with E-state index in [9.17, 15) is 0 Å². The molecule has 1 unspecified atom stereocenters. The van der Waals surface area contributed by atoms with E-state index in [4.69, 9.17) is 16.6 Å². The van der Waals surface area contributed by atoms with Crippen molar-refractivity contribution in [3.8, 4) is 0 Å². The molecule has 3 aromatic carbocycles. The van der Waals surface area contributed by atoms with Crippen LogP contribution in [-0.2, 0) is 6.54 Å². The molecule has 146 valence electrons. The van der Waals surface area contributed by atoms with Crippen LogP contribution in [0.25, 0.3) is 23.2 Å². The molecule has 0 aliphatic rings. The summed E-state index contributed by atoms with van der Waals surface area (Å²) in [4.78, 5) is 4.85. The lowest BCUT2D eigenvalue weighted by Gasteiger charge is -2.11. The van der Waals surface area contributed by atoms with Crippen molar-refractivity contribution in [1.29, 1.82) is 0 Å². The summed E-state index contributed by atoms with van der Waals surface area (Å²) in [6.07, 6.45) is 5.32. The lowest BCUT2D eigenvalue weighted by Crippen LogP contribution is -2.02. The number of hydrogen-bond acceptors (Lipinski definition) is 1. The van der Waals surface area contributed by atoms with Gasteiger partial charge in [0.25, 0.3) is 0 Å². The van der Waals surface area contributed by atoms with Crippen LogP contribution < -0.4 is 0 Å². The maximum atomic E-state index is 6.00. The Hall–Kier alpha value is -2.84. The van der Waals surface area contributed by atoms with Crippen molar-refractivity contribution < 1.29 is 0 Å². The van der Waals surface area contributed by atoms with Gasteiger partial charge in [0.1, 0.15) is 5.82 Å². The largest absolute Gasteiger partial charge is 0.320 e. The van der Waals surface area contributed by atoms with Crippen LogP contribution in [0.1, 0.15) is 48.7 Å². The zero-order valence-electron chi connectivity index (χ0n) is 16.8. The van der Waals surface area contributed by atoms with E-state index in [-0.39, 0.29) is 0 Å². The third-order valence-corrected chi connectivity index (χ3v) is 5.73. The molecule has 0 N–H and O–H groups in total. The minimum absolute atomic E-state index is 0.594. The summed E-state index contributed by atoms with van der Waals surface area (Å²) >= 11 is 6.00. The fourth-order valence-electron chi connectivity index (χ4n) is 3.50. The van der Waals surface area contributed by atoms with Gasteiger partial charge in [0, 0.05) is 11.6 Å². The van der Waals surface area contributed by atoms with Crippen LogP contribution in [0.15, 0.2) is 72.8 Å². The van der Waals surface area contributed by atoms with Crippen molar-refractivity contribution in [2.45, 2.75) is 32.7 Å². The fraction of sp³-hybridized carbons (Fsp3) is 0.192. The van der Waals surface area contributed by atoms with Crippen molar-refractivity contribution in [3.63, 3.8) is 0 Å². The van der Waals surface area contributed by atoms with Crippen LogP contribution in [0, 0.1) is 0 Å². The smallest absolute Gasteiger partial charge is 0.134 e. The number of para-hydroxylation sites is 2. The van der Waals surface area contributed by atoms with Gasteiger partial charge in [-0.3, -0.25) is 0 Å². The Morgan fingerprint density at radius 3 is 2.38 bits per heavy atom. The van der Waals surface area contributed by atoms with Crippen LogP contribution in [-0.4, -0.2) is 9.55 Å². The summed E-state index contributed by atoms with van der Waals surface area (Å²) in [7, 11) is 0. The molecule has 0 radical (unpaired) electrons. The second-order valence-corrected chi connectivity index (χ2v) is 7.92. The van der Waals surface area contributed by atoms with Crippen LogP contribution in [0.4, 0.5) is 0 Å². The highest BCUT2D eigenvalue weighted by atomic mass is 35.5. The summed E-state index contributed by atoms with van der Waals surface area (Å²) in [5.74, 6) is 1.54. The first-order chi connectivity index (χ1) is 14.1. The number of imidazole rings is 1. The molecule has 4 rings (SSSR count). The molecule has 4 aromatic rings. The van der Waals surface area contributed by atoms with E-state index in [1.807, 2.05) is 30.3 Å². The standard InChI is InChI=1S/C26H25ClN2/c1-3-19(2)22-13-8-21(9-14-22)18-29-25-7-5-4-6-24(25)28-26(29)17-12-20-10-15-23(27)16-11-20/h4-17,19H,3,18H2,1-2H3/b17-12+. The molecule has 2 nitrogen and oxygen atoms in total. The molecule has 0 spiro atoms. The van der Waals surface area contributed by atoms with E-state index in [0.29, 0.717) is 5.92 Å². The van der Waals surface area contributed by atoms with Gasteiger partial charge < -0.3 is 4.57 Å². The summed E-state index contributed by atoms with van der Waals surface area (Å²) < 4.78 is 2.28. The first-order valence-electron chi connectivity index (χ1n) is 10.1. The van der Waals surface area contributed by atoms with Gasteiger partial charge in [-0.05, 0) is 59.4 Å². The number of fused-ring (bicyclic) bond motifs is 1. The first-order valence-corrected chi connectivity index (χ1v) is 10.5. The van der Waals surface area contributed by atoms with Gasteiger partial charge in [0.2, 0.25) is 0 Å². The van der Waals surface area contributed by atoms with Crippen LogP contribution in [0.5, 0.6) is 0 Å². The normalized spacial score (nSPS) is 12.7. The van der Waals surface area contributed by atoms with Gasteiger partial charge >= 0.3 is 0 Å². The minimum Gasteiger partial charge on any atom is -0.320 e. The Kier molecular flexibility index (Phi) is 5.82. The van der Waals surface area contributed by atoms with E-state index < -0.39 is 0 Å². The van der Waals surface area contributed by atoms with E-state index in [1.54, 1.807) is 0 Å². The minimum atomic E-state index is 0.594. The lowest BCUT2D eigenvalue weighted by atomic mass is 9.98. The van der Waals surface area contributed by atoms with E-state index in [2.05, 4.69) is 73.0 Å². The first kappa shape index (κ1) is 19.5. The van der Waals surface area contributed by atoms with Crippen LogP contribution in [0.2, 0.25) is 5.02 Å². The van der Waals surface area contributed by atoms with Crippen molar-refractivity contribution in [1.82, 2.24) is 9.55 Å². The zero-order chi connectivity index (χ0) is 20.2. The van der Waals surface area contributed by atoms with Gasteiger partial charge in [0.05, 0.1) is 11.0 Å². The summed E-state index contributed by atoms with van der Waals surface area (Å²) in [5, 5.41) is 0.746. The quantitative estimate of drug-likeness (QED) is 0.329. The number of rotatable bonds is 6. The van der Waals surface area contributed by atoms with Crippen LogP contribution >= 0.6 is 11.6 Å². The summed E-state index contributed by atoms with van der Waals surface area (Å²) in [5.41, 5.74) is 5.94. The molecule has 3 heteroatoms.